The molecule has 1 aliphatic heterocycles. The van der Waals surface area contributed by atoms with Crippen molar-refractivity contribution < 1.29 is 0 Å². The Morgan fingerprint density at radius 3 is 2.76 bits per heavy atom. The quantitative estimate of drug-likeness (QED) is 0.527. The maximum atomic E-state index is 5.12. The maximum Gasteiger partial charge on any atom is 0.115 e. The van der Waals surface area contributed by atoms with E-state index in [4.69, 9.17) is 9.97 Å². The molecule has 0 aromatic carbocycles. The summed E-state index contributed by atoms with van der Waals surface area (Å²) in [6.45, 7) is 4.35. The topological polar surface area (TPSA) is 61.4 Å². The summed E-state index contributed by atoms with van der Waals surface area (Å²) in [4.78, 5) is 14.5. The van der Waals surface area contributed by atoms with Gasteiger partial charge in [-0.2, -0.15) is 5.10 Å². The molecule has 4 aromatic heterocycles. The predicted molar refractivity (Wildman–Crippen MR) is 111 cm³/mol. The molecule has 6 nitrogen and oxygen atoms in total. The Hall–Kier alpha value is -3.28. The van der Waals surface area contributed by atoms with E-state index in [1.54, 1.807) is 4.68 Å². The summed E-state index contributed by atoms with van der Waals surface area (Å²) in [7, 11) is 1.92. The lowest BCUT2D eigenvalue weighted by Gasteiger charge is -2.16. The average Bonchev–Trinajstić information content (AvgIpc) is 3.10. The molecular weight excluding hydrogens is 360 g/mol. The molecule has 2 aliphatic rings. The smallest absolute Gasteiger partial charge is 0.115 e. The van der Waals surface area contributed by atoms with Crippen molar-refractivity contribution in [2.75, 3.05) is 0 Å². The Labute approximate surface area is 169 Å². The lowest BCUT2D eigenvalue weighted by atomic mass is 10.1. The number of pyridine rings is 2. The summed E-state index contributed by atoms with van der Waals surface area (Å²) in [6.07, 6.45) is 6.99. The molecule has 6 rings (SSSR count). The summed E-state index contributed by atoms with van der Waals surface area (Å²) in [5.41, 5.74) is 7.14. The van der Waals surface area contributed by atoms with Crippen LogP contribution in [-0.2, 0) is 7.05 Å². The Morgan fingerprint density at radius 1 is 1.07 bits per heavy atom. The minimum atomic E-state index is 0.464. The number of aryl methyl sites for hydroxylation is 2. The van der Waals surface area contributed by atoms with Crippen LogP contribution in [0.5, 0.6) is 0 Å². The van der Waals surface area contributed by atoms with Gasteiger partial charge in [0.1, 0.15) is 11.5 Å². The average molecular weight is 382 g/mol. The van der Waals surface area contributed by atoms with Crippen LogP contribution in [0.15, 0.2) is 48.9 Å². The van der Waals surface area contributed by atoms with Crippen LogP contribution < -0.4 is 0 Å². The van der Waals surface area contributed by atoms with Gasteiger partial charge in [-0.05, 0) is 50.5 Å². The van der Waals surface area contributed by atoms with Crippen molar-refractivity contribution >= 4 is 0 Å². The standard InChI is InChI=1S/C23H22N6/c1-13-5-4-6-19(26-13)21-22(29-14(2)17-10-18(17)23(29)27-21)15-7-8-24-20(9-15)16-11-25-28(3)12-16/h4-9,11-12,14,17-18H,10H2,1-3H3/t14-,17?,18-/m1/s1. The molecule has 29 heavy (non-hydrogen) atoms. The second-order valence-corrected chi connectivity index (χ2v) is 8.28. The molecule has 4 aromatic rings. The van der Waals surface area contributed by atoms with Gasteiger partial charge < -0.3 is 4.57 Å². The first-order valence-corrected chi connectivity index (χ1v) is 10.1. The number of rotatable bonds is 3. The van der Waals surface area contributed by atoms with Crippen molar-refractivity contribution in [1.82, 2.24) is 29.3 Å². The third kappa shape index (κ3) is 2.48. The second kappa shape index (κ2) is 5.86. The zero-order valence-electron chi connectivity index (χ0n) is 16.7. The maximum absolute atomic E-state index is 5.12. The summed E-state index contributed by atoms with van der Waals surface area (Å²) < 4.78 is 4.25. The van der Waals surface area contributed by atoms with E-state index >= 15 is 0 Å². The van der Waals surface area contributed by atoms with Crippen LogP contribution in [0.25, 0.3) is 33.9 Å². The highest BCUT2D eigenvalue weighted by molar-refractivity contribution is 5.80. The van der Waals surface area contributed by atoms with Gasteiger partial charge in [0.05, 0.1) is 23.3 Å². The fourth-order valence-electron chi connectivity index (χ4n) is 4.78. The molecule has 0 bridgehead atoms. The Kier molecular flexibility index (Phi) is 3.37. The zero-order valence-corrected chi connectivity index (χ0v) is 16.7. The van der Waals surface area contributed by atoms with E-state index in [0.29, 0.717) is 12.0 Å². The van der Waals surface area contributed by atoms with Crippen LogP contribution in [0.1, 0.15) is 36.8 Å². The van der Waals surface area contributed by atoms with Gasteiger partial charge in [-0.1, -0.05) is 6.07 Å². The van der Waals surface area contributed by atoms with Crippen molar-refractivity contribution in [3.63, 3.8) is 0 Å². The fourth-order valence-corrected chi connectivity index (χ4v) is 4.78. The van der Waals surface area contributed by atoms with Crippen LogP contribution >= 0.6 is 0 Å². The van der Waals surface area contributed by atoms with E-state index in [0.717, 1.165) is 45.5 Å². The molecule has 144 valence electrons. The number of nitrogens with zero attached hydrogens (tertiary/aromatic N) is 6. The molecule has 6 heteroatoms. The summed E-state index contributed by atoms with van der Waals surface area (Å²) in [5.74, 6) is 2.55. The predicted octanol–water partition coefficient (Wildman–Crippen LogP) is 4.39. The fraction of sp³-hybridized carbons (Fsp3) is 0.304. The molecule has 1 unspecified atom stereocenters. The number of aromatic nitrogens is 6. The van der Waals surface area contributed by atoms with Crippen molar-refractivity contribution in [3.8, 4) is 33.9 Å². The molecule has 5 heterocycles. The highest BCUT2D eigenvalue weighted by Crippen LogP contribution is 2.61. The summed E-state index contributed by atoms with van der Waals surface area (Å²) in [5, 5.41) is 4.29. The van der Waals surface area contributed by atoms with E-state index < -0.39 is 0 Å². The van der Waals surface area contributed by atoms with E-state index in [9.17, 15) is 0 Å². The van der Waals surface area contributed by atoms with Gasteiger partial charge in [0.15, 0.2) is 0 Å². The van der Waals surface area contributed by atoms with E-state index in [1.807, 2.05) is 38.6 Å². The second-order valence-electron chi connectivity index (χ2n) is 8.28. The number of imidazole rings is 1. The lowest BCUT2D eigenvalue weighted by molar-refractivity contribution is 0.523. The van der Waals surface area contributed by atoms with Crippen molar-refractivity contribution in [2.45, 2.75) is 32.2 Å². The van der Waals surface area contributed by atoms with E-state index in [2.05, 4.69) is 45.8 Å². The molecule has 0 N–H and O–H groups in total. The molecule has 3 atom stereocenters. The molecule has 0 amide bonds. The van der Waals surface area contributed by atoms with Crippen LogP contribution in [0.2, 0.25) is 0 Å². The van der Waals surface area contributed by atoms with Crippen molar-refractivity contribution in [1.29, 1.82) is 0 Å². The third-order valence-electron chi connectivity index (χ3n) is 6.30. The zero-order chi connectivity index (χ0) is 19.7. The molecule has 0 radical (unpaired) electrons. The SMILES string of the molecule is Cc1cccc(-c2nc3n(c2-c2ccnc(-c4cnn(C)c4)c2)[C@H](C)C2C[C@@H]32)n1. The monoisotopic (exact) mass is 382 g/mol. The van der Waals surface area contributed by atoms with Gasteiger partial charge in [0.2, 0.25) is 0 Å². The normalized spacial score (nSPS) is 21.8. The summed E-state index contributed by atoms with van der Waals surface area (Å²) >= 11 is 0. The van der Waals surface area contributed by atoms with Crippen LogP contribution in [0, 0.1) is 12.8 Å². The van der Waals surface area contributed by atoms with Crippen LogP contribution in [-0.4, -0.2) is 29.3 Å². The van der Waals surface area contributed by atoms with E-state index in [-0.39, 0.29) is 0 Å². The molecule has 1 aliphatic carbocycles. The van der Waals surface area contributed by atoms with Gasteiger partial charge in [-0.3, -0.25) is 14.6 Å². The first-order valence-electron chi connectivity index (χ1n) is 10.1. The molecule has 1 saturated carbocycles. The molecular formula is C23H22N6. The summed E-state index contributed by atoms with van der Waals surface area (Å²) in [6, 6.07) is 10.8. The first kappa shape index (κ1) is 16.7. The van der Waals surface area contributed by atoms with Gasteiger partial charge in [-0.15, -0.1) is 0 Å². The largest absolute Gasteiger partial charge is 0.324 e. The van der Waals surface area contributed by atoms with Crippen molar-refractivity contribution in [2.24, 2.45) is 13.0 Å². The highest BCUT2D eigenvalue weighted by Gasteiger charge is 2.53. The number of hydrogen-bond donors (Lipinski definition) is 0. The minimum absolute atomic E-state index is 0.464. The Morgan fingerprint density at radius 2 is 1.97 bits per heavy atom. The van der Waals surface area contributed by atoms with Crippen LogP contribution in [0.4, 0.5) is 0 Å². The van der Waals surface area contributed by atoms with Gasteiger partial charge in [0, 0.05) is 48.2 Å². The highest BCUT2D eigenvalue weighted by atomic mass is 15.2. The van der Waals surface area contributed by atoms with Gasteiger partial charge in [0.25, 0.3) is 0 Å². The Balaban J connectivity index is 1.57. The van der Waals surface area contributed by atoms with Crippen molar-refractivity contribution in [3.05, 3.63) is 60.4 Å². The minimum Gasteiger partial charge on any atom is -0.324 e. The van der Waals surface area contributed by atoms with Gasteiger partial charge >= 0.3 is 0 Å². The molecule has 0 saturated heterocycles. The first-order chi connectivity index (χ1) is 14.1. The third-order valence-corrected chi connectivity index (χ3v) is 6.30. The molecule has 1 fully saturated rings. The Bertz CT molecular complexity index is 1250. The number of fused-ring (bicyclic) bond motifs is 3. The van der Waals surface area contributed by atoms with Gasteiger partial charge in [-0.25, -0.2) is 4.98 Å². The lowest BCUT2D eigenvalue weighted by Crippen LogP contribution is -2.06. The van der Waals surface area contributed by atoms with Crippen LogP contribution in [0.3, 0.4) is 0 Å². The molecule has 0 spiro atoms. The van der Waals surface area contributed by atoms with E-state index in [1.165, 1.54) is 12.2 Å². The number of hydrogen-bond acceptors (Lipinski definition) is 4.